The monoisotopic (exact) mass is 455 g/mol. The number of para-hydroxylation sites is 1. The van der Waals surface area contributed by atoms with Crippen molar-refractivity contribution in [1.82, 2.24) is 0 Å². The molecule has 0 saturated heterocycles. The average molecular weight is 455 g/mol. The minimum Gasteiger partial charge on any atom is -0.505 e. The van der Waals surface area contributed by atoms with Crippen molar-refractivity contribution in [3.8, 4) is 5.75 Å². The summed E-state index contributed by atoms with van der Waals surface area (Å²) in [6, 6.07) is 12.9. The number of nitrogens with one attached hydrogen (secondary N) is 1. The van der Waals surface area contributed by atoms with E-state index in [2.05, 4.69) is 10.5 Å². The number of carbonyl (C=O) groups is 1. The van der Waals surface area contributed by atoms with Crippen LogP contribution >= 0.6 is 0 Å². The molecule has 0 fully saturated rings. The number of hydrogen-bond acceptors (Lipinski definition) is 5. The summed E-state index contributed by atoms with van der Waals surface area (Å²) in [5.74, 6) is -0.853. The van der Waals surface area contributed by atoms with Gasteiger partial charge in [-0.2, -0.15) is 18.3 Å². The van der Waals surface area contributed by atoms with Gasteiger partial charge in [0.25, 0.3) is 5.91 Å². The van der Waals surface area contributed by atoms with Gasteiger partial charge >= 0.3 is 6.18 Å². The molecule has 6 nitrogen and oxygen atoms in total. The lowest BCUT2D eigenvalue weighted by atomic mass is 10.1. The summed E-state index contributed by atoms with van der Waals surface area (Å²) >= 11 is 0. The molecule has 9 heteroatoms. The van der Waals surface area contributed by atoms with E-state index in [1.807, 2.05) is 19.9 Å². The predicted octanol–water partition coefficient (Wildman–Crippen LogP) is 5.01. The Hall–Kier alpha value is -3.85. The number of anilines is 3. The number of carbonyl (C=O) groups excluding carboxylic acids is 1. The SMILES string of the molecule is Cc1cc(C)cc(N2C(=O)/C(=N\Nc3cccc(CO)c3O)c3ccc(C(F)(F)F)cc32)c1. The highest BCUT2D eigenvalue weighted by Gasteiger charge is 2.39. The van der Waals surface area contributed by atoms with Crippen LogP contribution in [0.15, 0.2) is 59.7 Å². The lowest BCUT2D eigenvalue weighted by molar-refractivity contribution is -0.137. The number of aromatic hydroxyl groups is 1. The van der Waals surface area contributed by atoms with Crippen LogP contribution in [-0.4, -0.2) is 21.8 Å². The molecular weight excluding hydrogens is 435 g/mol. The normalized spacial score (nSPS) is 14.7. The van der Waals surface area contributed by atoms with Crippen molar-refractivity contribution in [2.24, 2.45) is 5.10 Å². The molecule has 0 aliphatic carbocycles. The second kappa shape index (κ2) is 8.25. The van der Waals surface area contributed by atoms with Crippen LogP contribution in [0.25, 0.3) is 0 Å². The number of halogens is 3. The fourth-order valence-electron chi connectivity index (χ4n) is 3.79. The standard InChI is InChI=1S/C24H20F3N3O3/c1-13-8-14(2)10-17(9-13)30-20-11-16(24(25,26)27)6-7-18(20)21(23(30)33)29-28-19-5-3-4-15(12-31)22(19)32/h3-11,28,31-32H,12H2,1-2H3/b29-21-. The summed E-state index contributed by atoms with van der Waals surface area (Å²) in [5, 5.41) is 23.7. The van der Waals surface area contributed by atoms with Gasteiger partial charge in [-0.25, -0.2) is 0 Å². The maximum atomic E-state index is 13.4. The second-order valence-corrected chi connectivity index (χ2v) is 7.76. The Morgan fingerprint density at radius 3 is 2.36 bits per heavy atom. The molecule has 1 amide bonds. The number of fused-ring (bicyclic) bond motifs is 1. The van der Waals surface area contributed by atoms with E-state index in [1.54, 1.807) is 18.2 Å². The lowest BCUT2D eigenvalue weighted by Crippen LogP contribution is -2.26. The summed E-state index contributed by atoms with van der Waals surface area (Å²) in [7, 11) is 0. The Balaban J connectivity index is 1.84. The summed E-state index contributed by atoms with van der Waals surface area (Å²) in [6.45, 7) is 3.26. The molecule has 4 rings (SSSR count). The molecule has 0 spiro atoms. The first-order valence-electron chi connectivity index (χ1n) is 10.00. The first-order valence-corrected chi connectivity index (χ1v) is 10.00. The Kier molecular flexibility index (Phi) is 5.59. The molecule has 170 valence electrons. The van der Waals surface area contributed by atoms with Crippen LogP contribution in [-0.2, 0) is 17.6 Å². The summed E-state index contributed by atoms with van der Waals surface area (Å²) in [4.78, 5) is 14.6. The van der Waals surface area contributed by atoms with Crippen molar-refractivity contribution in [2.45, 2.75) is 26.6 Å². The van der Waals surface area contributed by atoms with Gasteiger partial charge in [-0.05, 0) is 61.4 Å². The van der Waals surface area contributed by atoms with Crippen LogP contribution in [0.5, 0.6) is 5.75 Å². The van der Waals surface area contributed by atoms with Crippen molar-refractivity contribution in [1.29, 1.82) is 0 Å². The van der Waals surface area contributed by atoms with Gasteiger partial charge in [0, 0.05) is 16.8 Å². The number of nitrogens with zero attached hydrogens (tertiary/aromatic N) is 2. The van der Waals surface area contributed by atoms with Gasteiger partial charge in [0.15, 0.2) is 5.71 Å². The van der Waals surface area contributed by atoms with Crippen LogP contribution in [0.1, 0.15) is 27.8 Å². The molecule has 3 aromatic rings. The summed E-state index contributed by atoms with van der Waals surface area (Å²) in [5.41, 5.74) is 4.41. The van der Waals surface area contributed by atoms with E-state index in [-0.39, 0.29) is 34.0 Å². The van der Waals surface area contributed by atoms with E-state index in [0.717, 1.165) is 23.3 Å². The third-order valence-electron chi connectivity index (χ3n) is 5.27. The number of benzene rings is 3. The van der Waals surface area contributed by atoms with Crippen molar-refractivity contribution >= 4 is 28.7 Å². The van der Waals surface area contributed by atoms with Crippen LogP contribution in [0.2, 0.25) is 0 Å². The van der Waals surface area contributed by atoms with E-state index in [9.17, 15) is 28.2 Å². The third-order valence-corrected chi connectivity index (χ3v) is 5.27. The van der Waals surface area contributed by atoms with Crippen molar-refractivity contribution in [3.05, 3.63) is 82.4 Å². The highest BCUT2D eigenvalue weighted by atomic mass is 19.4. The molecule has 0 atom stereocenters. The van der Waals surface area contributed by atoms with E-state index in [4.69, 9.17) is 0 Å². The zero-order chi connectivity index (χ0) is 23.9. The largest absolute Gasteiger partial charge is 0.505 e. The molecule has 33 heavy (non-hydrogen) atoms. The molecule has 1 aliphatic rings. The molecule has 0 saturated carbocycles. The number of phenols is 1. The third kappa shape index (κ3) is 4.14. The lowest BCUT2D eigenvalue weighted by Gasteiger charge is -2.19. The van der Waals surface area contributed by atoms with Gasteiger partial charge in [0.2, 0.25) is 0 Å². The number of hydrazone groups is 1. The number of aliphatic hydroxyl groups is 1. The van der Waals surface area contributed by atoms with E-state index >= 15 is 0 Å². The van der Waals surface area contributed by atoms with Gasteiger partial charge in [0.1, 0.15) is 5.75 Å². The second-order valence-electron chi connectivity index (χ2n) is 7.76. The van der Waals surface area contributed by atoms with Gasteiger partial charge in [-0.3, -0.25) is 15.1 Å². The Labute approximate surface area is 187 Å². The highest BCUT2D eigenvalue weighted by molar-refractivity contribution is 6.55. The zero-order valence-corrected chi connectivity index (χ0v) is 17.7. The molecule has 1 aliphatic heterocycles. The van der Waals surface area contributed by atoms with E-state index in [0.29, 0.717) is 5.69 Å². The first-order chi connectivity index (χ1) is 15.6. The van der Waals surface area contributed by atoms with E-state index < -0.39 is 24.3 Å². The predicted molar refractivity (Wildman–Crippen MR) is 119 cm³/mol. The number of hydrogen-bond donors (Lipinski definition) is 3. The van der Waals surface area contributed by atoms with Gasteiger partial charge < -0.3 is 10.2 Å². The maximum absolute atomic E-state index is 13.4. The highest BCUT2D eigenvalue weighted by Crippen LogP contribution is 2.41. The topological polar surface area (TPSA) is 85.2 Å². The number of amides is 1. The number of aliphatic hydroxyl groups excluding tert-OH is 1. The quantitative estimate of drug-likeness (QED) is 0.381. The van der Waals surface area contributed by atoms with Crippen molar-refractivity contribution in [2.75, 3.05) is 10.3 Å². The minimum atomic E-state index is -4.58. The summed E-state index contributed by atoms with van der Waals surface area (Å²) < 4.78 is 40.2. The maximum Gasteiger partial charge on any atom is 0.416 e. The minimum absolute atomic E-state index is 0.0636. The van der Waals surface area contributed by atoms with Gasteiger partial charge in [0.05, 0.1) is 23.5 Å². The molecular formula is C24H20F3N3O3. The zero-order valence-electron chi connectivity index (χ0n) is 17.7. The van der Waals surface area contributed by atoms with Crippen LogP contribution in [0.3, 0.4) is 0 Å². The molecule has 0 unspecified atom stereocenters. The fraction of sp³-hybridized carbons (Fsp3) is 0.167. The molecule has 3 N–H and O–H groups in total. The average Bonchev–Trinajstić information content (AvgIpc) is 3.02. The summed E-state index contributed by atoms with van der Waals surface area (Å²) in [6.07, 6.45) is -4.58. The molecule has 1 heterocycles. The Bertz CT molecular complexity index is 1270. The Morgan fingerprint density at radius 1 is 1.03 bits per heavy atom. The Morgan fingerprint density at radius 2 is 1.73 bits per heavy atom. The van der Waals surface area contributed by atoms with Crippen molar-refractivity contribution < 1.29 is 28.2 Å². The number of alkyl halides is 3. The van der Waals surface area contributed by atoms with Crippen LogP contribution < -0.4 is 10.3 Å². The smallest absolute Gasteiger partial charge is 0.416 e. The molecule has 0 bridgehead atoms. The molecule has 0 aromatic heterocycles. The fourth-order valence-corrected chi connectivity index (χ4v) is 3.79. The van der Waals surface area contributed by atoms with E-state index in [1.165, 1.54) is 23.1 Å². The first kappa shape index (κ1) is 22.3. The number of rotatable bonds is 4. The molecule has 3 aromatic carbocycles. The molecule has 0 radical (unpaired) electrons. The van der Waals surface area contributed by atoms with Gasteiger partial charge in [-0.15, -0.1) is 0 Å². The number of aryl methyl sites for hydroxylation is 2. The van der Waals surface area contributed by atoms with Crippen LogP contribution in [0, 0.1) is 13.8 Å². The van der Waals surface area contributed by atoms with Crippen molar-refractivity contribution in [3.63, 3.8) is 0 Å². The van der Waals surface area contributed by atoms with Gasteiger partial charge in [-0.1, -0.05) is 18.2 Å². The van der Waals surface area contributed by atoms with Crippen LogP contribution in [0.4, 0.5) is 30.2 Å².